The van der Waals surface area contributed by atoms with E-state index in [1.807, 2.05) is 0 Å². The van der Waals surface area contributed by atoms with Gasteiger partial charge in [0.25, 0.3) is 0 Å². The summed E-state index contributed by atoms with van der Waals surface area (Å²) >= 11 is 0. The van der Waals surface area contributed by atoms with Crippen LogP contribution < -0.4 is 5.56 Å². The molecule has 1 heterocycles. The average molecular weight is 249 g/mol. The molecule has 1 aliphatic rings. The minimum Gasteiger partial charge on any atom is -0.478 e. The summed E-state index contributed by atoms with van der Waals surface area (Å²) in [5.41, 5.74) is 1.63. The number of rotatable bonds is 1. The van der Waals surface area contributed by atoms with E-state index in [0.717, 1.165) is 30.5 Å². The maximum Gasteiger partial charge on any atom is 0.336 e. The molecule has 0 saturated heterocycles. The van der Waals surface area contributed by atoms with E-state index >= 15 is 0 Å². The largest absolute Gasteiger partial charge is 0.478 e. The molecule has 98 valence electrons. The summed E-state index contributed by atoms with van der Waals surface area (Å²) in [5.74, 6) is -0.555. The Morgan fingerprint density at radius 3 is 2.67 bits per heavy atom. The number of H-pyrrole nitrogens is 1. The van der Waals surface area contributed by atoms with Crippen LogP contribution >= 0.6 is 0 Å². The second-order valence-corrected chi connectivity index (χ2v) is 6.12. The number of fused-ring (bicyclic) bond motifs is 1. The SMILES string of the molecule is CC(C)(C)C1CCc2[nH]c(=O)cc(C(=O)O)c2C1. The number of aromatic amines is 1. The monoisotopic (exact) mass is 249 g/mol. The molecule has 1 aromatic heterocycles. The van der Waals surface area contributed by atoms with Crippen LogP contribution in [0, 0.1) is 11.3 Å². The fourth-order valence-corrected chi connectivity index (χ4v) is 2.68. The van der Waals surface area contributed by atoms with Crippen LogP contribution in [-0.4, -0.2) is 16.1 Å². The quantitative estimate of drug-likeness (QED) is 0.801. The first-order valence-corrected chi connectivity index (χ1v) is 6.27. The van der Waals surface area contributed by atoms with Gasteiger partial charge in [-0.05, 0) is 36.2 Å². The van der Waals surface area contributed by atoms with Gasteiger partial charge in [-0.3, -0.25) is 4.79 Å². The minimum absolute atomic E-state index is 0.156. The van der Waals surface area contributed by atoms with Gasteiger partial charge in [0.2, 0.25) is 5.56 Å². The third-order valence-corrected chi connectivity index (χ3v) is 3.89. The van der Waals surface area contributed by atoms with Crippen LogP contribution in [-0.2, 0) is 12.8 Å². The van der Waals surface area contributed by atoms with E-state index in [-0.39, 0.29) is 16.5 Å². The van der Waals surface area contributed by atoms with Crippen molar-refractivity contribution in [2.24, 2.45) is 11.3 Å². The zero-order valence-corrected chi connectivity index (χ0v) is 11.0. The van der Waals surface area contributed by atoms with Crippen LogP contribution in [0.15, 0.2) is 10.9 Å². The summed E-state index contributed by atoms with van der Waals surface area (Å²) in [6.07, 6.45) is 2.49. The second kappa shape index (κ2) is 4.26. The third kappa shape index (κ3) is 2.33. The smallest absolute Gasteiger partial charge is 0.336 e. The van der Waals surface area contributed by atoms with E-state index in [9.17, 15) is 14.7 Å². The molecule has 0 fully saturated rings. The summed E-state index contributed by atoms with van der Waals surface area (Å²) in [6.45, 7) is 6.53. The van der Waals surface area contributed by atoms with Crippen LogP contribution in [0.4, 0.5) is 0 Å². The van der Waals surface area contributed by atoms with Crippen molar-refractivity contribution < 1.29 is 9.90 Å². The van der Waals surface area contributed by atoms with Crippen molar-refractivity contribution in [1.29, 1.82) is 0 Å². The van der Waals surface area contributed by atoms with Crippen molar-refractivity contribution in [2.45, 2.75) is 40.0 Å². The van der Waals surface area contributed by atoms with Crippen molar-refractivity contribution in [1.82, 2.24) is 4.98 Å². The normalized spacial score (nSPS) is 19.4. The number of carboxylic acids is 1. The molecule has 0 spiro atoms. The van der Waals surface area contributed by atoms with E-state index < -0.39 is 5.97 Å². The van der Waals surface area contributed by atoms with Crippen molar-refractivity contribution >= 4 is 5.97 Å². The lowest BCUT2D eigenvalue weighted by Gasteiger charge is -2.35. The topological polar surface area (TPSA) is 70.2 Å². The van der Waals surface area contributed by atoms with E-state index in [1.165, 1.54) is 6.07 Å². The molecule has 4 heteroatoms. The lowest BCUT2D eigenvalue weighted by atomic mass is 9.71. The zero-order chi connectivity index (χ0) is 13.5. The summed E-state index contributed by atoms with van der Waals surface area (Å²) in [5, 5.41) is 9.20. The van der Waals surface area contributed by atoms with Crippen molar-refractivity contribution in [3.63, 3.8) is 0 Å². The number of aromatic carboxylic acids is 1. The lowest BCUT2D eigenvalue weighted by molar-refractivity contribution is 0.0693. The first-order chi connectivity index (χ1) is 8.29. The molecule has 18 heavy (non-hydrogen) atoms. The lowest BCUT2D eigenvalue weighted by Crippen LogP contribution is -2.30. The molecule has 0 amide bonds. The van der Waals surface area contributed by atoms with Crippen molar-refractivity contribution in [3.8, 4) is 0 Å². The molecule has 0 aromatic carbocycles. The van der Waals surface area contributed by atoms with Crippen molar-refractivity contribution in [2.75, 3.05) is 0 Å². The minimum atomic E-state index is -1.01. The van der Waals surface area contributed by atoms with Crippen molar-refractivity contribution in [3.05, 3.63) is 33.2 Å². The molecule has 0 saturated carbocycles. The number of pyridine rings is 1. The van der Waals surface area contributed by atoms with E-state index in [2.05, 4.69) is 25.8 Å². The highest BCUT2D eigenvalue weighted by atomic mass is 16.4. The Morgan fingerprint density at radius 1 is 1.44 bits per heavy atom. The summed E-state index contributed by atoms with van der Waals surface area (Å²) in [6, 6.07) is 1.20. The van der Waals surface area contributed by atoms with Gasteiger partial charge in [0.1, 0.15) is 0 Å². The number of nitrogens with one attached hydrogen (secondary N) is 1. The summed E-state index contributed by atoms with van der Waals surface area (Å²) in [7, 11) is 0. The van der Waals surface area contributed by atoms with Gasteiger partial charge in [0.15, 0.2) is 0 Å². The molecule has 1 aliphatic carbocycles. The zero-order valence-electron chi connectivity index (χ0n) is 11.0. The molecule has 2 rings (SSSR count). The Kier molecular flexibility index (Phi) is 3.05. The number of aromatic nitrogens is 1. The Labute approximate surface area is 106 Å². The van der Waals surface area contributed by atoms with Gasteiger partial charge >= 0.3 is 5.97 Å². The number of aryl methyl sites for hydroxylation is 1. The van der Waals surface area contributed by atoms with Gasteiger partial charge in [-0.15, -0.1) is 0 Å². The number of carbonyl (C=O) groups is 1. The molecule has 0 radical (unpaired) electrons. The molecule has 0 aliphatic heterocycles. The number of hydrogen-bond acceptors (Lipinski definition) is 2. The first-order valence-electron chi connectivity index (χ1n) is 6.27. The molecule has 1 aromatic rings. The fourth-order valence-electron chi connectivity index (χ4n) is 2.68. The Morgan fingerprint density at radius 2 is 2.11 bits per heavy atom. The third-order valence-electron chi connectivity index (χ3n) is 3.89. The van der Waals surface area contributed by atoms with Gasteiger partial charge < -0.3 is 10.1 Å². The Hall–Kier alpha value is -1.58. The molecule has 4 nitrogen and oxygen atoms in total. The maximum absolute atomic E-state index is 11.4. The summed E-state index contributed by atoms with van der Waals surface area (Å²) < 4.78 is 0. The molecule has 0 bridgehead atoms. The Balaban J connectivity index is 2.48. The number of hydrogen-bond donors (Lipinski definition) is 2. The maximum atomic E-state index is 11.4. The van der Waals surface area contributed by atoms with Gasteiger partial charge in [0.05, 0.1) is 5.56 Å². The highest BCUT2D eigenvalue weighted by Crippen LogP contribution is 2.37. The van der Waals surface area contributed by atoms with Crippen LogP contribution in [0.1, 0.15) is 48.8 Å². The van der Waals surface area contributed by atoms with Crippen LogP contribution in [0.3, 0.4) is 0 Å². The fraction of sp³-hybridized carbons (Fsp3) is 0.571. The number of carboxylic acid groups (broad SMARTS) is 1. The predicted molar refractivity (Wildman–Crippen MR) is 69.0 cm³/mol. The van der Waals surface area contributed by atoms with Crippen LogP contribution in [0.5, 0.6) is 0 Å². The van der Waals surface area contributed by atoms with Crippen LogP contribution in [0.25, 0.3) is 0 Å². The average Bonchev–Trinajstić information content (AvgIpc) is 2.25. The van der Waals surface area contributed by atoms with Crippen LogP contribution in [0.2, 0.25) is 0 Å². The second-order valence-electron chi connectivity index (χ2n) is 6.12. The van der Waals surface area contributed by atoms with Gasteiger partial charge in [-0.25, -0.2) is 4.79 Å². The predicted octanol–water partition coefficient (Wildman–Crippen LogP) is 2.22. The Bertz CT molecular complexity index is 537. The molecule has 1 atom stereocenters. The molecular weight excluding hydrogens is 230 g/mol. The highest BCUT2D eigenvalue weighted by Gasteiger charge is 2.31. The standard InChI is InChI=1S/C14H19NO3/c1-14(2,3)8-4-5-11-9(6-8)10(13(17)18)7-12(16)15-11/h7-8H,4-6H2,1-3H3,(H,15,16)(H,17,18). The highest BCUT2D eigenvalue weighted by molar-refractivity contribution is 5.89. The summed E-state index contributed by atoms with van der Waals surface area (Å²) in [4.78, 5) is 25.4. The van der Waals surface area contributed by atoms with E-state index in [4.69, 9.17) is 0 Å². The van der Waals surface area contributed by atoms with E-state index in [1.54, 1.807) is 0 Å². The van der Waals surface area contributed by atoms with E-state index in [0.29, 0.717) is 5.92 Å². The molecular formula is C14H19NO3. The van der Waals surface area contributed by atoms with Gasteiger partial charge in [-0.1, -0.05) is 20.8 Å². The molecule has 1 unspecified atom stereocenters. The molecule has 2 N–H and O–H groups in total. The first kappa shape index (κ1) is 12.9. The van der Waals surface area contributed by atoms with Gasteiger partial charge in [-0.2, -0.15) is 0 Å². The van der Waals surface area contributed by atoms with Gasteiger partial charge in [0, 0.05) is 11.8 Å².